The molecule has 2 aliphatic heterocycles. The first-order valence-electron chi connectivity index (χ1n) is 11.7. The largest absolute Gasteiger partial charge is 0.353 e. The molecule has 1 saturated heterocycles. The Morgan fingerprint density at radius 3 is 2.36 bits per heavy atom. The van der Waals surface area contributed by atoms with Gasteiger partial charge in [-0.2, -0.15) is 0 Å². The number of nitrogens with zero attached hydrogens (tertiary/aromatic N) is 5. The number of fused-ring (bicyclic) bond motifs is 1. The lowest BCUT2D eigenvalue weighted by Gasteiger charge is -2.35. The minimum Gasteiger partial charge on any atom is -0.353 e. The number of carbonyl (C=O) groups is 3. The van der Waals surface area contributed by atoms with Crippen LogP contribution in [0, 0.1) is 6.92 Å². The zero-order chi connectivity index (χ0) is 23.7. The predicted octanol–water partition coefficient (Wildman–Crippen LogP) is 3.27. The molecule has 33 heavy (non-hydrogen) atoms. The van der Waals surface area contributed by atoms with E-state index in [1.165, 1.54) is 4.90 Å². The van der Waals surface area contributed by atoms with Gasteiger partial charge in [0.1, 0.15) is 11.6 Å². The van der Waals surface area contributed by atoms with Crippen molar-refractivity contribution in [2.75, 3.05) is 37.6 Å². The highest BCUT2D eigenvalue weighted by atomic mass is 16.2. The molecule has 0 bridgehead atoms. The van der Waals surface area contributed by atoms with Crippen LogP contribution in [-0.4, -0.2) is 70.2 Å². The van der Waals surface area contributed by atoms with Gasteiger partial charge in [0.15, 0.2) is 0 Å². The number of unbranched alkanes of at least 4 members (excludes halogenated alkanes) is 1. The van der Waals surface area contributed by atoms with E-state index in [-0.39, 0.29) is 23.6 Å². The summed E-state index contributed by atoms with van der Waals surface area (Å²) in [6.07, 6.45) is 1.67. The molecule has 0 unspecified atom stereocenters. The van der Waals surface area contributed by atoms with E-state index in [1.54, 1.807) is 23.1 Å². The van der Waals surface area contributed by atoms with Crippen molar-refractivity contribution in [3.05, 3.63) is 52.5 Å². The summed E-state index contributed by atoms with van der Waals surface area (Å²) in [5, 5.41) is 0. The quantitative estimate of drug-likeness (QED) is 0.629. The van der Waals surface area contributed by atoms with Crippen LogP contribution in [-0.2, 0) is 0 Å². The summed E-state index contributed by atoms with van der Waals surface area (Å²) in [6.45, 7) is 11.0. The maximum absolute atomic E-state index is 13.2. The number of rotatable bonds is 6. The second-order valence-electron chi connectivity index (χ2n) is 9.04. The van der Waals surface area contributed by atoms with Gasteiger partial charge in [0.05, 0.1) is 11.1 Å². The van der Waals surface area contributed by atoms with Crippen molar-refractivity contribution in [2.45, 2.75) is 46.5 Å². The van der Waals surface area contributed by atoms with Crippen LogP contribution in [0.5, 0.6) is 0 Å². The summed E-state index contributed by atoms with van der Waals surface area (Å²) in [4.78, 5) is 52.9. The van der Waals surface area contributed by atoms with Crippen LogP contribution in [0.1, 0.15) is 82.1 Å². The van der Waals surface area contributed by atoms with Crippen molar-refractivity contribution >= 4 is 23.5 Å². The van der Waals surface area contributed by atoms with Crippen LogP contribution in [0.3, 0.4) is 0 Å². The summed E-state index contributed by atoms with van der Waals surface area (Å²) in [5.74, 6) is 1.28. The summed E-state index contributed by atoms with van der Waals surface area (Å²) in [6, 6.07) is 6.84. The van der Waals surface area contributed by atoms with Gasteiger partial charge >= 0.3 is 0 Å². The normalized spacial score (nSPS) is 16.1. The lowest BCUT2D eigenvalue weighted by Crippen LogP contribution is -2.49. The van der Waals surface area contributed by atoms with Gasteiger partial charge in [-0.3, -0.25) is 19.3 Å². The third-order valence-corrected chi connectivity index (χ3v) is 6.22. The molecule has 0 N–H and O–H groups in total. The second kappa shape index (κ2) is 9.29. The molecule has 0 aliphatic carbocycles. The summed E-state index contributed by atoms with van der Waals surface area (Å²) in [7, 11) is 0. The summed E-state index contributed by atoms with van der Waals surface area (Å²) < 4.78 is 0. The highest BCUT2D eigenvalue weighted by Crippen LogP contribution is 2.25. The standard InChI is InChI=1S/C25H31N5O3/c1-5-6-9-30-24(32)19-8-7-18(15-20(19)25(30)33)23(31)29-12-10-28(11-13-29)21-14-17(4)26-22(27-21)16(2)3/h7-8,14-16H,5-6,9-13H2,1-4H3. The third-order valence-electron chi connectivity index (χ3n) is 6.22. The van der Waals surface area contributed by atoms with Gasteiger partial charge in [0.2, 0.25) is 0 Å². The number of aromatic nitrogens is 2. The molecule has 0 atom stereocenters. The van der Waals surface area contributed by atoms with Gasteiger partial charge in [-0.1, -0.05) is 27.2 Å². The molecule has 4 rings (SSSR count). The van der Waals surface area contributed by atoms with Crippen LogP contribution in [0.15, 0.2) is 24.3 Å². The van der Waals surface area contributed by atoms with Crippen LogP contribution < -0.4 is 4.90 Å². The van der Waals surface area contributed by atoms with Gasteiger partial charge in [-0.15, -0.1) is 0 Å². The Morgan fingerprint density at radius 2 is 1.70 bits per heavy atom. The highest BCUT2D eigenvalue weighted by molar-refractivity contribution is 6.22. The number of hydrogen-bond donors (Lipinski definition) is 0. The molecular weight excluding hydrogens is 418 g/mol. The van der Waals surface area contributed by atoms with E-state index >= 15 is 0 Å². The van der Waals surface area contributed by atoms with Gasteiger partial charge in [-0.05, 0) is 31.5 Å². The molecule has 3 amide bonds. The molecule has 1 fully saturated rings. The average molecular weight is 450 g/mol. The summed E-state index contributed by atoms with van der Waals surface area (Å²) in [5.41, 5.74) is 2.10. The first kappa shape index (κ1) is 22.9. The van der Waals surface area contributed by atoms with E-state index in [9.17, 15) is 14.4 Å². The van der Waals surface area contributed by atoms with E-state index in [0.717, 1.165) is 30.2 Å². The Bertz CT molecular complexity index is 1090. The number of hydrogen-bond acceptors (Lipinski definition) is 6. The molecular formula is C25H31N5O3. The molecule has 3 heterocycles. The predicted molar refractivity (Wildman–Crippen MR) is 126 cm³/mol. The first-order chi connectivity index (χ1) is 15.8. The minimum absolute atomic E-state index is 0.119. The molecule has 0 saturated carbocycles. The van der Waals surface area contributed by atoms with Crippen molar-refractivity contribution in [3.8, 4) is 0 Å². The minimum atomic E-state index is -0.303. The Hall–Kier alpha value is -3.29. The number of piperazine rings is 1. The fraction of sp³-hybridized carbons (Fsp3) is 0.480. The third kappa shape index (κ3) is 4.47. The fourth-order valence-electron chi connectivity index (χ4n) is 4.26. The average Bonchev–Trinajstić information content (AvgIpc) is 3.05. The first-order valence-corrected chi connectivity index (χ1v) is 11.7. The summed E-state index contributed by atoms with van der Waals surface area (Å²) >= 11 is 0. The van der Waals surface area contributed by atoms with Crippen molar-refractivity contribution < 1.29 is 14.4 Å². The van der Waals surface area contributed by atoms with Crippen LogP contribution >= 0.6 is 0 Å². The molecule has 2 aromatic rings. The van der Waals surface area contributed by atoms with Crippen LogP contribution in [0.4, 0.5) is 5.82 Å². The lowest BCUT2D eigenvalue weighted by atomic mass is 10.0. The highest BCUT2D eigenvalue weighted by Gasteiger charge is 2.36. The number of amides is 3. The number of benzene rings is 1. The molecule has 8 nitrogen and oxygen atoms in total. The van der Waals surface area contributed by atoms with E-state index < -0.39 is 0 Å². The Labute approximate surface area is 194 Å². The monoisotopic (exact) mass is 449 g/mol. The zero-order valence-electron chi connectivity index (χ0n) is 19.8. The molecule has 1 aromatic carbocycles. The molecule has 174 valence electrons. The maximum Gasteiger partial charge on any atom is 0.261 e. The lowest BCUT2D eigenvalue weighted by molar-refractivity contribution is 0.0651. The zero-order valence-corrected chi connectivity index (χ0v) is 19.8. The smallest absolute Gasteiger partial charge is 0.261 e. The number of imide groups is 1. The van der Waals surface area contributed by atoms with E-state index in [0.29, 0.717) is 49.4 Å². The van der Waals surface area contributed by atoms with Gasteiger partial charge in [-0.25, -0.2) is 9.97 Å². The molecule has 1 aromatic heterocycles. The molecule has 0 radical (unpaired) electrons. The Balaban J connectivity index is 1.45. The Kier molecular flexibility index (Phi) is 6.44. The van der Waals surface area contributed by atoms with Crippen LogP contribution in [0.2, 0.25) is 0 Å². The number of anilines is 1. The van der Waals surface area contributed by atoms with Crippen molar-refractivity contribution in [1.82, 2.24) is 19.8 Å². The van der Waals surface area contributed by atoms with Crippen molar-refractivity contribution in [3.63, 3.8) is 0 Å². The fourth-order valence-corrected chi connectivity index (χ4v) is 4.26. The van der Waals surface area contributed by atoms with Crippen molar-refractivity contribution in [1.29, 1.82) is 0 Å². The van der Waals surface area contributed by atoms with Gasteiger partial charge < -0.3 is 9.80 Å². The van der Waals surface area contributed by atoms with Crippen molar-refractivity contribution in [2.24, 2.45) is 0 Å². The molecule has 2 aliphatic rings. The molecule has 8 heteroatoms. The van der Waals surface area contributed by atoms with E-state index in [2.05, 4.69) is 23.7 Å². The number of carbonyl (C=O) groups excluding carboxylic acids is 3. The number of aryl methyl sites for hydroxylation is 1. The Morgan fingerprint density at radius 1 is 1.00 bits per heavy atom. The topological polar surface area (TPSA) is 86.7 Å². The second-order valence-corrected chi connectivity index (χ2v) is 9.04. The van der Waals surface area contributed by atoms with E-state index in [1.807, 2.05) is 19.9 Å². The SMILES string of the molecule is CCCCN1C(=O)c2ccc(C(=O)N3CCN(c4cc(C)nc(C(C)C)n4)CC3)cc2C1=O. The molecule has 0 spiro atoms. The van der Waals surface area contributed by atoms with E-state index in [4.69, 9.17) is 4.98 Å². The van der Waals surface area contributed by atoms with Gasteiger partial charge in [0.25, 0.3) is 17.7 Å². The van der Waals surface area contributed by atoms with Gasteiger partial charge in [0, 0.05) is 56.0 Å². The van der Waals surface area contributed by atoms with Crippen LogP contribution in [0.25, 0.3) is 0 Å². The maximum atomic E-state index is 13.2.